The van der Waals surface area contributed by atoms with Crippen molar-refractivity contribution in [2.45, 2.75) is 64.1 Å². The summed E-state index contributed by atoms with van der Waals surface area (Å²) in [6.07, 6.45) is 6.45. The van der Waals surface area contributed by atoms with Crippen LogP contribution in [0.2, 0.25) is 5.15 Å². The minimum absolute atomic E-state index is 0.0339. The van der Waals surface area contributed by atoms with E-state index in [2.05, 4.69) is 43.8 Å². The Morgan fingerprint density at radius 1 is 1.15 bits per heavy atom. The molecule has 4 heterocycles. The minimum atomic E-state index is -0.607. The molecule has 176 valence electrons. The maximum absolute atomic E-state index is 6.41. The van der Waals surface area contributed by atoms with Gasteiger partial charge in [-0.05, 0) is 75.3 Å². The largest absolute Gasteiger partial charge is 0.383 e. The smallest absolute Gasteiger partial charge is 0.163 e. The van der Waals surface area contributed by atoms with Crippen LogP contribution in [0.15, 0.2) is 42.9 Å². The number of anilines is 1. The molecule has 1 saturated heterocycles. The van der Waals surface area contributed by atoms with Crippen molar-refractivity contribution in [1.82, 2.24) is 19.5 Å². The average Bonchev–Trinajstić information content (AvgIpc) is 3.45. The molecule has 0 bridgehead atoms. The number of aryl methyl sites for hydroxylation is 2. The molecule has 2 aliphatic rings. The van der Waals surface area contributed by atoms with E-state index < -0.39 is 5.79 Å². The number of nitrogen functional groups attached to an aromatic ring is 1. The quantitative estimate of drug-likeness (QED) is 0.404. The Labute approximate surface area is 203 Å². The molecule has 0 amide bonds. The molecule has 0 radical (unpaired) electrons. The van der Waals surface area contributed by atoms with E-state index in [1.807, 2.05) is 33.0 Å². The van der Waals surface area contributed by atoms with Crippen LogP contribution in [0.1, 0.15) is 43.9 Å². The van der Waals surface area contributed by atoms with Crippen LogP contribution < -0.4 is 5.73 Å². The van der Waals surface area contributed by atoms with Gasteiger partial charge in [-0.15, -0.1) is 0 Å². The number of aromatic nitrogens is 4. The van der Waals surface area contributed by atoms with Gasteiger partial charge >= 0.3 is 0 Å². The summed E-state index contributed by atoms with van der Waals surface area (Å²) in [4.78, 5) is 13.2. The number of fused-ring (bicyclic) bond motifs is 3. The number of halogens is 1. The first-order chi connectivity index (χ1) is 16.3. The summed E-state index contributed by atoms with van der Waals surface area (Å²) >= 11 is 6.31. The first-order valence-corrected chi connectivity index (χ1v) is 12.2. The van der Waals surface area contributed by atoms with Gasteiger partial charge in [0.2, 0.25) is 0 Å². The van der Waals surface area contributed by atoms with Gasteiger partial charge in [0, 0.05) is 11.6 Å². The molecular formula is C26H28ClN5O2. The Balaban J connectivity index is 1.27. The van der Waals surface area contributed by atoms with Gasteiger partial charge in [-0.3, -0.25) is 0 Å². The predicted octanol–water partition coefficient (Wildman–Crippen LogP) is 5.24. The van der Waals surface area contributed by atoms with E-state index in [-0.39, 0.29) is 18.2 Å². The SMILES string of the molecule is Cc1cc2ccc(CC[C@H]3C[C@@H](n4ccc5c(Cl)ncnc54)[C@@H]4OC(C)(C)O[C@H]34)cc2nc1N. The molecular weight excluding hydrogens is 450 g/mol. The summed E-state index contributed by atoms with van der Waals surface area (Å²) < 4.78 is 15.0. The third-order valence-electron chi connectivity index (χ3n) is 7.29. The molecule has 3 aromatic heterocycles. The van der Waals surface area contributed by atoms with Crippen LogP contribution in [0, 0.1) is 12.8 Å². The number of ether oxygens (including phenoxy) is 2. The Bertz CT molecular complexity index is 1400. The number of hydrogen-bond acceptors (Lipinski definition) is 6. The van der Waals surface area contributed by atoms with Crippen molar-refractivity contribution in [1.29, 1.82) is 0 Å². The average molecular weight is 478 g/mol. The molecule has 4 atom stereocenters. The van der Waals surface area contributed by atoms with Crippen LogP contribution in [0.3, 0.4) is 0 Å². The van der Waals surface area contributed by atoms with Crippen molar-refractivity contribution in [3.8, 4) is 0 Å². The van der Waals surface area contributed by atoms with E-state index in [4.69, 9.17) is 26.8 Å². The fourth-order valence-electron chi connectivity index (χ4n) is 5.66. The highest BCUT2D eigenvalue weighted by Crippen LogP contribution is 2.49. The van der Waals surface area contributed by atoms with E-state index in [0.29, 0.717) is 16.9 Å². The zero-order valence-corrected chi connectivity index (χ0v) is 20.3. The van der Waals surface area contributed by atoms with E-state index in [1.165, 1.54) is 11.9 Å². The van der Waals surface area contributed by atoms with Gasteiger partial charge in [-0.25, -0.2) is 15.0 Å². The summed E-state index contributed by atoms with van der Waals surface area (Å²) in [5.41, 5.74) is 10.1. The van der Waals surface area contributed by atoms with Crippen LogP contribution in [-0.4, -0.2) is 37.5 Å². The van der Waals surface area contributed by atoms with E-state index in [1.54, 1.807) is 0 Å². The van der Waals surface area contributed by atoms with Gasteiger partial charge in [0.1, 0.15) is 29.0 Å². The number of nitrogens with zero attached hydrogens (tertiary/aromatic N) is 4. The Morgan fingerprint density at radius 2 is 1.97 bits per heavy atom. The second-order valence-corrected chi connectivity index (χ2v) is 10.4. The van der Waals surface area contributed by atoms with Crippen molar-refractivity contribution in [3.63, 3.8) is 0 Å². The predicted molar refractivity (Wildman–Crippen MR) is 133 cm³/mol. The fourth-order valence-corrected chi connectivity index (χ4v) is 5.85. The summed E-state index contributed by atoms with van der Waals surface area (Å²) in [7, 11) is 0. The first kappa shape index (κ1) is 21.8. The lowest BCUT2D eigenvalue weighted by molar-refractivity contribution is -0.160. The molecule has 0 unspecified atom stereocenters. The van der Waals surface area contributed by atoms with Gasteiger partial charge < -0.3 is 19.8 Å². The number of pyridine rings is 1. The molecule has 2 N–H and O–H groups in total. The molecule has 6 rings (SSSR count). The van der Waals surface area contributed by atoms with Crippen molar-refractivity contribution < 1.29 is 9.47 Å². The fraction of sp³-hybridized carbons (Fsp3) is 0.423. The second kappa shape index (κ2) is 7.90. The van der Waals surface area contributed by atoms with Gasteiger partial charge in [0.15, 0.2) is 5.79 Å². The Kier molecular flexibility index (Phi) is 5.06. The first-order valence-electron chi connectivity index (χ1n) is 11.8. The van der Waals surface area contributed by atoms with Crippen molar-refractivity contribution >= 4 is 39.4 Å². The van der Waals surface area contributed by atoms with Crippen LogP contribution in [0.25, 0.3) is 21.9 Å². The molecule has 2 fully saturated rings. The number of rotatable bonds is 4. The molecule has 34 heavy (non-hydrogen) atoms. The molecule has 1 aliphatic carbocycles. The van der Waals surface area contributed by atoms with Crippen LogP contribution in [0.4, 0.5) is 5.82 Å². The number of benzene rings is 1. The van der Waals surface area contributed by atoms with Gasteiger partial charge in [0.05, 0.1) is 23.0 Å². The maximum atomic E-state index is 6.41. The van der Waals surface area contributed by atoms with Crippen molar-refractivity contribution in [2.75, 3.05) is 5.73 Å². The van der Waals surface area contributed by atoms with Crippen LogP contribution in [-0.2, 0) is 15.9 Å². The third kappa shape index (κ3) is 3.63. The molecule has 7 nitrogen and oxygen atoms in total. The standard InChI is InChI=1S/C26H28ClN5O2/c1-14-10-16-6-4-15(11-19(16)31-24(14)28)5-7-17-12-20(22-21(17)33-26(2,3)34-22)32-9-8-18-23(27)29-13-30-25(18)32/h4,6,8-11,13,17,20-22H,5,7,12H2,1-3H3,(H2,28,31)/t17-,20+,21+,22-/m0/s1. The van der Waals surface area contributed by atoms with E-state index >= 15 is 0 Å². The zero-order chi connectivity index (χ0) is 23.6. The van der Waals surface area contributed by atoms with E-state index in [9.17, 15) is 0 Å². The zero-order valence-electron chi connectivity index (χ0n) is 19.5. The monoisotopic (exact) mass is 477 g/mol. The summed E-state index contributed by atoms with van der Waals surface area (Å²) in [5, 5.41) is 2.45. The lowest BCUT2D eigenvalue weighted by Crippen LogP contribution is -2.27. The van der Waals surface area contributed by atoms with E-state index in [0.717, 1.165) is 46.8 Å². The Morgan fingerprint density at radius 3 is 2.82 bits per heavy atom. The van der Waals surface area contributed by atoms with Crippen LogP contribution >= 0.6 is 11.6 Å². The molecule has 8 heteroatoms. The number of hydrogen-bond donors (Lipinski definition) is 1. The minimum Gasteiger partial charge on any atom is -0.383 e. The lowest BCUT2D eigenvalue weighted by Gasteiger charge is -2.24. The highest BCUT2D eigenvalue weighted by molar-refractivity contribution is 6.33. The summed E-state index contributed by atoms with van der Waals surface area (Å²) in [5.74, 6) is 0.343. The molecule has 4 aromatic rings. The normalized spacial score (nSPS) is 25.9. The topological polar surface area (TPSA) is 88.1 Å². The Hall–Kier alpha value is -2.74. The van der Waals surface area contributed by atoms with Gasteiger partial charge in [-0.2, -0.15) is 0 Å². The van der Waals surface area contributed by atoms with Gasteiger partial charge in [0.25, 0.3) is 0 Å². The highest BCUT2D eigenvalue weighted by atomic mass is 35.5. The van der Waals surface area contributed by atoms with Crippen molar-refractivity contribution in [3.05, 3.63) is 59.1 Å². The highest BCUT2D eigenvalue weighted by Gasteiger charge is 2.54. The van der Waals surface area contributed by atoms with Crippen LogP contribution in [0.5, 0.6) is 0 Å². The lowest BCUT2D eigenvalue weighted by atomic mass is 9.95. The van der Waals surface area contributed by atoms with Crippen molar-refractivity contribution in [2.24, 2.45) is 5.92 Å². The molecule has 0 spiro atoms. The molecule has 1 saturated carbocycles. The molecule has 1 aromatic carbocycles. The number of nitrogens with two attached hydrogens (primary N) is 1. The summed E-state index contributed by atoms with van der Waals surface area (Å²) in [6, 6.07) is 10.7. The maximum Gasteiger partial charge on any atom is 0.163 e. The molecule has 1 aliphatic heterocycles. The second-order valence-electron chi connectivity index (χ2n) is 10.0. The third-order valence-corrected chi connectivity index (χ3v) is 7.59. The summed E-state index contributed by atoms with van der Waals surface area (Å²) in [6.45, 7) is 5.98. The van der Waals surface area contributed by atoms with Gasteiger partial charge in [-0.1, -0.05) is 23.7 Å².